The molecule has 0 heterocycles. The van der Waals surface area contributed by atoms with Crippen LogP contribution >= 0.6 is 11.8 Å². The number of rotatable bonds is 9. The van der Waals surface area contributed by atoms with Gasteiger partial charge in [0, 0.05) is 11.3 Å². The van der Waals surface area contributed by atoms with Crippen molar-refractivity contribution in [3.05, 3.63) is 166 Å². The molecule has 5 aromatic carbocycles. The van der Waals surface area contributed by atoms with Crippen LogP contribution in [0.3, 0.4) is 0 Å². The zero-order valence-corrected chi connectivity index (χ0v) is 28.3. The largest absolute Gasteiger partial charge is 0.458 e. The quantitative estimate of drug-likeness (QED) is 0.128. The molecule has 7 rings (SSSR count). The van der Waals surface area contributed by atoms with Crippen LogP contribution in [0.1, 0.15) is 70.9 Å². The van der Waals surface area contributed by atoms with Crippen molar-refractivity contribution in [1.29, 1.82) is 0 Å². The van der Waals surface area contributed by atoms with Gasteiger partial charge in [0.15, 0.2) is 0 Å². The van der Waals surface area contributed by atoms with Gasteiger partial charge in [0.2, 0.25) is 0 Å². The predicted molar refractivity (Wildman–Crippen MR) is 198 cm³/mol. The average Bonchev–Trinajstić information content (AvgIpc) is 3.11. The van der Waals surface area contributed by atoms with E-state index in [0.717, 1.165) is 39.4 Å². The lowest BCUT2D eigenvalue weighted by Gasteiger charge is -2.36. The van der Waals surface area contributed by atoms with E-state index >= 15 is 0 Å². The van der Waals surface area contributed by atoms with E-state index in [9.17, 15) is 9.59 Å². The van der Waals surface area contributed by atoms with Crippen LogP contribution in [-0.4, -0.2) is 29.3 Å². The van der Waals surface area contributed by atoms with Gasteiger partial charge in [-0.05, 0) is 89.4 Å². The Bertz CT molecular complexity index is 1950. The number of carbonyl (C=O) groups excluding carboxylic acids is 2. The number of benzene rings is 5. The highest BCUT2D eigenvalue weighted by molar-refractivity contribution is 8.00. The molecule has 0 radical (unpaired) electrons. The van der Waals surface area contributed by atoms with Crippen molar-refractivity contribution in [2.75, 3.05) is 5.75 Å². The summed E-state index contributed by atoms with van der Waals surface area (Å²) in [6.07, 6.45) is 8.18. The smallest absolute Gasteiger partial charge is 0.330 e. The van der Waals surface area contributed by atoms with E-state index in [1.54, 1.807) is 11.8 Å². The van der Waals surface area contributed by atoms with Gasteiger partial charge >= 0.3 is 5.97 Å². The first-order chi connectivity index (χ1) is 23.2. The highest BCUT2D eigenvalue weighted by Crippen LogP contribution is 2.49. The van der Waals surface area contributed by atoms with Crippen molar-refractivity contribution in [3.63, 3.8) is 0 Å². The third-order valence-electron chi connectivity index (χ3n) is 9.08. The minimum Gasteiger partial charge on any atom is -0.458 e. The number of amides is 1. The van der Waals surface area contributed by atoms with Crippen molar-refractivity contribution in [2.24, 2.45) is 0 Å². The Hall–Kier alpha value is -4.87. The van der Waals surface area contributed by atoms with Gasteiger partial charge in [-0.25, -0.2) is 4.79 Å². The predicted octanol–water partition coefficient (Wildman–Crippen LogP) is 9.36. The molecule has 0 saturated carbocycles. The maximum Gasteiger partial charge on any atom is 0.330 e. The second kappa shape index (κ2) is 13.0. The Morgan fingerprint density at radius 2 is 1.35 bits per heavy atom. The fourth-order valence-corrected chi connectivity index (χ4v) is 8.54. The lowest BCUT2D eigenvalue weighted by atomic mass is 9.80. The van der Waals surface area contributed by atoms with E-state index in [0.29, 0.717) is 12.0 Å². The number of hydrogen-bond acceptors (Lipinski definition) is 4. The Balaban J connectivity index is 1.28. The highest BCUT2D eigenvalue weighted by atomic mass is 32.2. The van der Waals surface area contributed by atoms with Crippen LogP contribution < -0.4 is 5.32 Å². The van der Waals surface area contributed by atoms with Gasteiger partial charge in [-0.15, -0.1) is 11.8 Å². The van der Waals surface area contributed by atoms with Gasteiger partial charge in [0.1, 0.15) is 11.6 Å². The molecule has 4 nitrogen and oxygen atoms in total. The Labute approximate surface area is 286 Å². The molecule has 1 N–H and O–H groups in total. The van der Waals surface area contributed by atoms with E-state index in [1.165, 1.54) is 16.7 Å². The summed E-state index contributed by atoms with van der Waals surface area (Å²) in [5, 5.41) is 5.41. The van der Waals surface area contributed by atoms with Gasteiger partial charge in [0.25, 0.3) is 5.91 Å². The number of esters is 1. The summed E-state index contributed by atoms with van der Waals surface area (Å²) in [6, 6.07) is 38.4. The summed E-state index contributed by atoms with van der Waals surface area (Å²) < 4.78 is 5.29. The lowest BCUT2D eigenvalue weighted by Crippen LogP contribution is -2.47. The van der Waals surface area contributed by atoms with Crippen LogP contribution in [0.25, 0.3) is 22.4 Å². The monoisotopic (exact) mass is 649 g/mol. The first-order valence-electron chi connectivity index (χ1n) is 16.5. The Kier molecular flexibility index (Phi) is 8.57. The first kappa shape index (κ1) is 31.7. The molecule has 0 spiro atoms. The average molecular weight is 650 g/mol. The van der Waals surface area contributed by atoms with Gasteiger partial charge in [0.05, 0.1) is 4.75 Å². The third-order valence-corrected chi connectivity index (χ3v) is 10.7. The summed E-state index contributed by atoms with van der Waals surface area (Å²) >= 11 is 1.63. The number of hydrogen-bond donors (Lipinski definition) is 1. The van der Waals surface area contributed by atoms with Gasteiger partial charge in [-0.3, -0.25) is 4.79 Å². The molecule has 2 aliphatic rings. The van der Waals surface area contributed by atoms with Crippen molar-refractivity contribution in [2.45, 2.75) is 50.0 Å². The molecule has 0 aliphatic heterocycles. The molecule has 5 heteroatoms. The highest BCUT2D eigenvalue weighted by Gasteiger charge is 2.39. The lowest BCUT2D eigenvalue weighted by molar-refractivity contribution is -0.156. The molecule has 0 saturated heterocycles. The van der Waals surface area contributed by atoms with Crippen LogP contribution in [0.2, 0.25) is 0 Å². The number of nitrogens with one attached hydrogen (secondary N) is 1. The second-order valence-electron chi connectivity index (χ2n) is 13.4. The molecule has 1 amide bonds. The Morgan fingerprint density at radius 1 is 0.771 bits per heavy atom. The van der Waals surface area contributed by atoms with Crippen molar-refractivity contribution < 1.29 is 14.3 Å². The SMILES string of the molecule is CC(C)(C)OC(=O)C(CSC(c1ccccc1)(c1ccccc1)c1ccccc1)NC(=O)c1ccc2ccc3c4c2c1CC=C4CC=C3. The summed E-state index contributed by atoms with van der Waals surface area (Å²) in [7, 11) is 0. The van der Waals surface area contributed by atoms with Crippen LogP contribution in [0.4, 0.5) is 0 Å². The minimum atomic E-state index is -0.901. The molecule has 1 unspecified atom stereocenters. The number of thioether (sulfide) groups is 1. The van der Waals surface area contributed by atoms with Gasteiger partial charge in [-0.2, -0.15) is 0 Å². The molecule has 0 aromatic heterocycles. The minimum absolute atomic E-state index is 0.270. The molecule has 240 valence electrons. The third kappa shape index (κ3) is 5.99. The van der Waals surface area contributed by atoms with Crippen LogP contribution in [0.5, 0.6) is 0 Å². The summed E-state index contributed by atoms with van der Waals surface area (Å²) in [6.45, 7) is 5.57. The van der Waals surface area contributed by atoms with Gasteiger partial charge in [-0.1, -0.05) is 127 Å². The first-order valence-corrected chi connectivity index (χ1v) is 17.5. The summed E-state index contributed by atoms with van der Waals surface area (Å²) in [5.41, 5.74) is 7.85. The molecule has 0 fully saturated rings. The molecule has 1 atom stereocenters. The fourth-order valence-electron chi connectivity index (χ4n) is 7.00. The standard InChI is InChI=1S/C43H39NO3S/c1-42(2,3)47-41(46)37(44-40(45)36-27-25-31-23-22-29-14-13-15-30-24-26-35(36)39(31)38(29)30)28-48-43(32-16-7-4-8-17-32,33-18-9-5-10-19-33)34-20-11-6-12-21-34/h4-14,16-25,27,37H,15,26,28H2,1-3H3,(H,44,45). The van der Waals surface area contributed by atoms with E-state index in [1.807, 2.05) is 87.5 Å². The topological polar surface area (TPSA) is 55.4 Å². The number of allylic oxidation sites excluding steroid dienone is 3. The number of carbonyl (C=O) groups is 2. The zero-order chi connectivity index (χ0) is 33.3. The number of ether oxygens (including phenoxy) is 1. The summed E-state index contributed by atoms with van der Waals surface area (Å²) in [5.74, 6) is -0.438. The van der Waals surface area contributed by atoms with E-state index < -0.39 is 22.4 Å². The molecular weight excluding hydrogens is 611 g/mol. The molecular formula is C43H39NO3S. The maximum atomic E-state index is 14.3. The van der Waals surface area contributed by atoms with E-state index in [4.69, 9.17) is 4.74 Å². The molecule has 2 aliphatic carbocycles. The normalized spacial score (nSPS) is 14.3. The van der Waals surface area contributed by atoms with Gasteiger partial charge < -0.3 is 10.1 Å². The van der Waals surface area contributed by atoms with E-state index in [-0.39, 0.29) is 11.7 Å². The maximum absolute atomic E-state index is 14.3. The molecule has 0 bridgehead atoms. The van der Waals surface area contributed by atoms with Crippen molar-refractivity contribution >= 4 is 46.1 Å². The zero-order valence-electron chi connectivity index (χ0n) is 27.5. The van der Waals surface area contributed by atoms with Crippen LogP contribution in [0.15, 0.2) is 127 Å². The molecule has 48 heavy (non-hydrogen) atoms. The van der Waals surface area contributed by atoms with Crippen molar-refractivity contribution in [3.8, 4) is 0 Å². The molecule has 5 aromatic rings. The van der Waals surface area contributed by atoms with Crippen molar-refractivity contribution in [1.82, 2.24) is 5.32 Å². The Morgan fingerprint density at radius 3 is 1.94 bits per heavy atom. The van der Waals surface area contributed by atoms with E-state index in [2.05, 4.69) is 72.1 Å². The van der Waals surface area contributed by atoms with Crippen LogP contribution in [0, 0.1) is 0 Å². The fraction of sp³-hybridized carbons (Fsp3) is 0.209. The second-order valence-corrected chi connectivity index (χ2v) is 14.6. The summed E-state index contributed by atoms with van der Waals surface area (Å²) in [4.78, 5) is 28.3. The van der Waals surface area contributed by atoms with Crippen LogP contribution in [-0.2, 0) is 20.7 Å².